The number of hydrogen-bond donors (Lipinski definition) is 1. The summed E-state index contributed by atoms with van der Waals surface area (Å²) in [7, 11) is 0. The molecule has 0 spiro atoms. The van der Waals surface area contributed by atoms with Gasteiger partial charge in [-0.05, 0) is 0 Å². The monoisotopic (exact) mass is 275 g/mol. The summed E-state index contributed by atoms with van der Waals surface area (Å²) in [4.78, 5) is 33.1. The smallest absolute Gasteiger partial charge is 0.303 e. The number of rotatable bonds is 3. The van der Waals surface area contributed by atoms with Crippen molar-refractivity contribution in [2.45, 2.75) is 45.3 Å². The molecule has 108 valence electrons. The van der Waals surface area contributed by atoms with Crippen LogP contribution < -0.4 is 5.73 Å². The molecule has 0 aromatic carbocycles. The molecule has 1 rings (SSSR count). The molecule has 1 aliphatic rings. The van der Waals surface area contributed by atoms with E-state index in [1.54, 1.807) is 0 Å². The zero-order valence-corrected chi connectivity index (χ0v) is 11.0. The number of carbonyl (C=O) groups excluding carboxylic acids is 3. The van der Waals surface area contributed by atoms with Crippen molar-refractivity contribution in [3.8, 4) is 0 Å². The number of carbonyl (C=O) groups is 3. The van der Waals surface area contributed by atoms with E-state index < -0.39 is 42.4 Å². The molecule has 0 aromatic heterocycles. The van der Waals surface area contributed by atoms with Gasteiger partial charge in [0.1, 0.15) is 6.23 Å². The van der Waals surface area contributed by atoms with Gasteiger partial charge in [0.15, 0.2) is 18.3 Å². The maximum absolute atomic E-state index is 11.1. The third-order valence-electron chi connectivity index (χ3n) is 2.39. The summed E-state index contributed by atoms with van der Waals surface area (Å²) < 4.78 is 20.1. The average molecular weight is 275 g/mol. The largest absolute Gasteiger partial charge is 0.456 e. The Hall–Kier alpha value is -1.67. The van der Waals surface area contributed by atoms with Crippen LogP contribution in [0.2, 0.25) is 0 Å². The van der Waals surface area contributed by atoms with Crippen LogP contribution in [0.5, 0.6) is 0 Å². The van der Waals surface area contributed by atoms with Gasteiger partial charge in [-0.15, -0.1) is 0 Å². The summed E-state index contributed by atoms with van der Waals surface area (Å²) in [5, 5.41) is 0. The molecule has 1 fully saturated rings. The van der Waals surface area contributed by atoms with Crippen molar-refractivity contribution in [1.82, 2.24) is 0 Å². The fourth-order valence-corrected chi connectivity index (χ4v) is 1.77. The molecule has 8 nitrogen and oxygen atoms in total. The van der Waals surface area contributed by atoms with Gasteiger partial charge in [0, 0.05) is 20.8 Å². The lowest BCUT2D eigenvalue weighted by molar-refractivity contribution is -0.224. The maximum atomic E-state index is 11.1. The first-order chi connectivity index (χ1) is 8.81. The van der Waals surface area contributed by atoms with E-state index in [1.165, 1.54) is 20.8 Å². The van der Waals surface area contributed by atoms with E-state index in [1.807, 2.05) is 0 Å². The highest BCUT2D eigenvalue weighted by atomic mass is 16.6. The van der Waals surface area contributed by atoms with Crippen LogP contribution in [-0.2, 0) is 33.3 Å². The molecule has 0 aromatic rings. The second kappa shape index (κ2) is 6.48. The molecule has 2 N–H and O–H groups in total. The van der Waals surface area contributed by atoms with Crippen LogP contribution in [-0.4, -0.2) is 49.1 Å². The Morgan fingerprint density at radius 3 is 1.89 bits per heavy atom. The van der Waals surface area contributed by atoms with E-state index in [2.05, 4.69) is 0 Å². The van der Waals surface area contributed by atoms with E-state index in [0.29, 0.717) is 0 Å². The van der Waals surface area contributed by atoms with Crippen LogP contribution in [0.1, 0.15) is 20.8 Å². The van der Waals surface area contributed by atoms with Crippen molar-refractivity contribution in [2.24, 2.45) is 5.73 Å². The maximum Gasteiger partial charge on any atom is 0.303 e. The molecule has 1 saturated heterocycles. The zero-order valence-electron chi connectivity index (χ0n) is 11.0. The lowest BCUT2D eigenvalue weighted by Crippen LogP contribution is -2.60. The minimum atomic E-state index is -1.03. The van der Waals surface area contributed by atoms with Crippen LogP contribution in [0, 0.1) is 0 Å². The molecule has 8 heteroatoms. The highest BCUT2D eigenvalue weighted by molar-refractivity contribution is 5.68. The Morgan fingerprint density at radius 2 is 1.42 bits per heavy atom. The fourth-order valence-electron chi connectivity index (χ4n) is 1.77. The summed E-state index contributed by atoms with van der Waals surface area (Å²) in [6.07, 6.45) is -3.85. The van der Waals surface area contributed by atoms with Crippen molar-refractivity contribution >= 4 is 17.9 Å². The van der Waals surface area contributed by atoms with E-state index in [9.17, 15) is 14.4 Å². The topological polar surface area (TPSA) is 114 Å². The Labute approximate surface area is 110 Å². The van der Waals surface area contributed by atoms with Crippen LogP contribution in [0.3, 0.4) is 0 Å². The Bertz CT molecular complexity index is 370. The minimum Gasteiger partial charge on any atom is -0.456 e. The highest BCUT2D eigenvalue weighted by Gasteiger charge is 2.45. The van der Waals surface area contributed by atoms with Gasteiger partial charge in [0.05, 0.1) is 6.61 Å². The number of esters is 3. The molecule has 0 amide bonds. The summed E-state index contributed by atoms with van der Waals surface area (Å²) in [6, 6.07) is 0. The van der Waals surface area contributed by atoms with Gasteiger partial charge in [-0.1, -0.05) is 0 Å². The molecule has 0 aliphatic carbocycles. The lowest BCUT2D eigenvalue weighted by Gasteiger charge is -2.38. The first kappa shape index (κ1) is 15.4. The van der Waals surface area contributed by atoms with Crippen LogP contribution in [0.25, 0.3) is 0 Å². The van der Waals surface area contributed by atoms with Crippen molar-refractivity contribution in [3.05, 3.63) is 0 Å². The highest BCUT2D eigenvalue weighted by Crippen LogP contribution is 2.22. The standard InChI is InChI=1S/C11H17NO7/c1-5(13)17-8-4-16-11(12)10(19-7(3)15)9(8)18-6(2)14/h8-11H,4,12H2,1-3H3/t8-,9+,10+,11-/m1/s1. The predicted octanol–water partition coefficient (Wildman–Crippen LogP) is -0.903. The molecule has 0 radical (unpaired) electrons. The van der Waals surface area contributed by atoms with Gasteiger partial charge >= 0.3 is 17.9 Å². The van der Waals surface area contributed by atoms with Gasteiger partial charge in [-0.2, -0.15) is 0 Å². The third kappa shape index (κ3) is 4.49. The molecular formula is C11H17NO7. The quantitative estimate of drug-likeness (QED) is 0.520. The summed E-state index contributed by atoms with van der Waals surface area (Å²) in [6.45, 7) is 3.54. The van der Waals surface area contributed by atoms with E-state index in [4.69, 9.17) is 24.7 Å². The second-order valence-electron chi connectivity index (χ2n) is 4.09. The average Bonchev–Trinajstić information content (AvgIpc) is 2.25. The molecule has 19 heavy (non-hydrogen) atoms. The third-order valence-corrected chi connectivity index (χ3v) is 2.39. The molecule has 0 bridgehead atoms. The minimum absolute atomic E-state index is 0.0452. The number of nitrogens with two attached hydrogens (primary N) is 1. The Morgan fingerprint density at radius 1 is 0.947 bits per heavy atom. The predicted molar refractivity (Wildman–Crippen MR) is 60.6 cm³/mol. The first-order valence-corrected chi connectivity index (χ1v) is 5.70. The van der Waals surface area contributed by atoms with Gasteiger partial charge in [-0.3, -0.25) is 14.4 Å². The van der Waals surface area contributed by atoms with Crippen molar-refractivity contribution in [2.75, 3.05) is 6.61 Å². The van der Waals surface area contributed by atoms with Gasteiger partial charge in [0.2, 0.25) is 0 Å². The molecule has 0 saturated carbocycles. The van der Waals surface area contributed by atoms with Gasteiger partial charge in [0.25, 0.3) is 0 Å². The lowest BCUT2D eigenvalue weighted by atomic mass is 10.0. The van der Waals surface area contributed by atoms with Gasteiger partial charge < -0.3 is 24.7 Å². The van der Waals surface area contributed by atoms with Gasteiger partial charge in [-0.25, -0.2) is 0 Å². The van der Waals surface area contributed by atoms with Crippen LogP contribution >= 0.6 is 0 Å². The Balaban J connectivity index is 2.89. The normalized spacial score (nSPS) is 30.3. The SMILES string of the molecule is CC(=O)O[C@@H]1[C@H](OC(C)=O)[C@H](N)OC[C@H]1OC(C)=O. The number of hydrogen-bond acceptors (Lipinski definition) is 8. The first-order valence-electron chi connectivity index (χ1n) is 5.70. The summed E-state index contributed by atoms with van der Waals surface area (Å²) in [5.74, 6) is -1.78. The van der Waals surface area contributed by atoms with E-state index >= 15 is 0 Å². The Kier molecular flexibility index (Phi) is 5.25. The van der Waals surface area contributed by atoms with Crippen molar-refractivity contribution < 1.29 is 33.3 Å². The fraction of sp³-hybridized carbons (Fsp3) is 0.727. The van der Waals surface area contributed by atoms with Crippen LogP contribution in [0.4, 0.5) is 0 Å². The van der Waals surface area contributed by atoms with Crippen molar-refractivity contribution in [1.29, 1.82) is 0 Å². The molecule has 4 atom stereocenters. The molecule has 0 unspecified atom stereocenters. The van der Waals surface area contributed by atoms with E-state index in [-0.39, 0.29) is 6.61 Å². The van der Waals surface area contributed by atoms with Crippen molar-refractivity contribution in [3.63, 3.8) is 0 Å². The molecular weight excluding hydrogens is 258 g/mol. The number of ether oxygens (including phenoxy) is 4. The zero-order chi connectivity index (χ0) is 14.6. The van der Waals surface area contributed by atoms with E-state index in [0.717, 1.165) is 0 Å². The van der Waals surface area contributed by atoms with Crippen LogP contribution in [0.15, 0.2) is 0 Å². The molecule has 1 aliphatic heterocycles. The summed E-state index contributed by atoms with van der Waals surface area (Å²) in [5.41, 5.74) is 5.66. The summed E-state index contributed by atoms with van der Waals surface area (Å²) >= 11 is 0. The molecule has 1 heterocycles. The second-order valence-corrected chi connectivity index (χ2v) is 4.09.